The van der Waals surface area contributed by atoms with E-state index >= 15 is 0 Å². The first-order valence-electron chi connectivity index (χ1n) is 8.54. The van der Waals surface area contributed by atoms with Crippen molar-refractivity contribution in [1.82, 2.24) is 29.5 Å². The van der Waals surface area contributed by atoms with E-state index in [1.165, 1.54) is 6.92 Å². The fraction of sp³-hybridized carbons (Fsp3) is 0.333. The van der Waals surface area contributed by atoms with Crippen molar-refractivity contribution in [1.29, 1.82) is 0 Å². The minimum absolute atomic E-state index is 0.234. The Labute approximate surface area is 158 Å². The standard InChI is InChI=1S/C18H17ClF2N6/c1-3-18(20,21)10-27-16(9-26-8-11(2)24-25-26)23-15-7-22-14-5-4-12(19)6-13(14)17(15)27/h4-8H,3,9-10H2,1-2H3. The van der Waals surface area contributed by atoms with Crippen molar-refractivity contribution in [2.45, 2.75) is 39.3 Å². The van der Waals surface area contributed by atoms with E-state index in [1.807, 2.05) is 6.92 Å². The SMILES string of the molecule is CCC(F)(F)Cn1c(Cn2cc(C)nn2)nc2cnc3ccc(Cl)cc3c21. The molecule has 0 fully saturated rings. The number of aryl methyl sites for hydroxylation is 1. The largest absolute Gasteiger partial charge is 0.320 e. The van der Waals surface area contributed by atoms with Gasteiger partial charge in [-0.05, 0) is 25.1 Å². The second kappa shape index (κ2) is 6.53. The highest BCUT2D eigenvalue weighted by atomic mass is 35.5. The van der Waals surface area contributed by atoms with Gasteiger partial charge in [0.2, 0.25) is 0 Å². The van der Waals surface area contributed by atoms with Gasteiger partial charge in [-0.15, -0.1) is 5.10 Å². The average Bonchev–Trinajstić information content (AvgIpc) is 3.18. The predicted molar refractivity (Wildman–Crippen MR) is 99.1 cm³/mol. The Morgan fingerprint density at radius 3 is 2.74 bits per heavy atom. The summed E-state index contributed by atoms with van der Waals surface area (Å²) in [6.07, 6.45) is 3.08. The maximum Gasteiger partial charge on any atom is 0.265 e. The number of benzene rings is 1. The van der Waals surface area contributed by atoms with Gasteiger partial charge >= 0.3 is 0 Å². The topological polar surface area (TPSA) is 61.4 Å². The van der Waals surface area contributed by atoms with Crippen molar-refractivity contribution in [3.05, 3.63) is 47.1 Å². The molecule has 0 radical (unpaired) electrons. The number of nitrogens with zero attached hydrogens (tertiary/aromatic N) is 6. The maximum atomic E-state index is 14.3. The minimum atomic E-state index is -2.87. The monoisotopic (exact) mass is 390 g/mol. The molecular formula is C18H17ClF2N6. The average molecular weight is 391 g/mol. The van der Waals surface area contributed by atoms with Gasteiger partial charge in [-0.1, -0.05) is 23.7 Å². The van der Waals surface area contributed by atoms with Crippen LogP contribution < -0.4 is 0 Å². The Hall–Kier alpha value is -2.61. The smallest absolute Gasteiger partial charge is 0.265 e. The van der Waals surface area contributed by atoms with Crippen LogP contribution in [0.5, 0.6) is 0 Å². The van der Waals surface area contributed by atoms with Crippen molar-refractivity contribution in [3.63, 3.8) is 0 Å². The van der Waals surface area contributed by atoms with E-state index in [-0.39, 0.29) is 13.0 Å². The minimum Gasteiger partial charge on any atom is -0.320 e. The molecular weight excluding hydrogens is 374 g/mol. The van der Waals surface area contributed by atoms with Gasteiger partial charge in [0.15, 0.2) is 0 Å². The summed E-state index contributed by atoms with van der Waals surface area (Å²) in [5.74, 6) is -2.40. The van der Waals surface area contributed by atoms with E-state index in [0.29, 0.717) is 32.8 Å². The van der Waals surface area contributed by atoms with Crippen molar-refractivity contribution >= 4 is 33.5 Å². The fourth-order valence-corrected chi connectivity index (χ4v) is 3.26. The van der Waals surface area contributed by atoms with Crippen LogP contribution in [0.2, 0.25) is 5.02 Å². The van der Waals surface area contributed by atoms with Gasteiger partial charge < -0.3 is 4.57 Å². The number of fused-ring (bicyclic) bond motifs is 3. The van der Waals surface area contributed by atoms with Gasteiger partial charge in [-0.3, -0.25) is 4.98 Å². The molecule has 0 saturated heterocycles. The number of rotatable bonds is 5. The third kappa shape index (κ3) is 3.37. The van der Waals surface area contributed by atoms with E-state index in [1.54, 1.807) is 39.8 Å². The summed E-state index contributed by atoms with van der Waals surface area (Å²) in [5, 5.41) is 9.16. The zero-order chi connectivity index (χ0) is 19.2. The molecule has 4 aromatic rings. The second-order valence-electron chi connectivity index (χ2n) is 6.53. The van der Waals surface area contributed by atoms with Crippen LogP contribution >= 0.6 is 11.6 Å². The van der Waals surface area contributed by atoms with Crippen molar-refractivity contribution in [3.8, 4) is 0 Å². The summed E-state index contributed by atoms with van der Waals surface area (Å²) in [5.41, 5.74) is 2.57. The Morgan fingerprint density at radius 1 is 1.22 bits per heavy atom. The van der Waals surface area contributed by atoms with Crippen LogP contribution in [0.4, 0.5) is 8.78 Å². The lowest BCUT2D eigenvalue weighted by molar-refractivity contribution is -0.0195. The summed E-state index contributed by atoms with van der Waals surface area (Å²) in [6.45, 7) is 3.04. The third-order valence-electron chi connectivity index (χ3n) is 4.48. The van der Waals surface area contributed by atoms with Crippen LogP contribution in [0.3, 0.4) is 0 Å². The molecule has 0 aliphatic rings. The molecule has 3 heterocycles. The zero-order valence-corrected chi connectivity index (χ0v) is 15.6. The van der Waals surface area contributed by atoms with E-state index in [2.05, 4.69) is 20.3 Å². The molecule has 6 nitrogen and oxygen atoms in total. The van der Waals surface area contributed by atoms with E-state index in [9.17, 15) is 8.78 Å². The van der Waals surface area contributed by atoms with Gasteiger partial charge in [-0.25, -0.2) is 18.4 Å². The molecule has 0 atom stereocenters. The lowest BCUT2D eigenvalue weighted by Crippen LogP contribution is -2.24. The molecule has 9 heteroatoms. The molecule has 0 aliphatic heterocycles. The lowest BCUT2D eigenvalue weighted by Gasteiger charge is -2.18. The molecule has 140 valence electrons. The number of imidazole rings is 1. The number of aromatic nitrogens is 6. The molecule has 0 N–H and O–H groups in total. The van der Waals surface area contributed by atoms with Crippen LogP contribution in [0.1, 0.15) is 24.9 Å². The van der Waals surface area contributed by atoms with Crippen LogP contribution in [0.15, 0.2) is 30.6 Å². The molecule has 0 amide bonds. The fourth-order valence-electron chi connectivity index (χ4n) is 3.09. The number of halogens is 3. The van der Waals surface area contributed by atoms with Crippen LogP contribution in [-0.4, -0.2) is 35.5 Å². The normalized spacial score (nSPS) is 12.3. The highest BCUT2D eigenvalue weighted by Crippen LogP contribution is 2.30. The molecule has 1 aromatic carbocycles. The number of alkyl halides is 2. The van der Waals surface area contributed by atoms with E-state index in [4.69, 9.17) is 11.6 Å². The number of hydrogen-bond donors (Lipinski definition) is 0. The van der Waals surface area contributed by atoms with Crippen molar-refractivity contribution in [2.75, 3.05) is 0 Å². The maximum absolute atomic E-state index is 14.3. The van der Waals surface area contributed by atoms with Crippen LogP contribution in [-0.2, 0) is 13.1 Å². The Balaban J connectivity index is 1.95. The summed E-state index contributed by atoms with van der Waals surface area (Å²) >= 11 is 6.14. The molecule has 0 aliphatic carbocycles. The van der Waals surface area contributed by atoms with E-state index in [0.717, 1.165) is 5.69 Å². The van der Waals surface area contributed by atoms with E-state index < -0.39 is 12.5 Å². The predicted octanol–water partition coefficient (Wildman–Crippen LogP) is 4.23. The van der Waals surface area contributed by atoms with Crippen molar-refractivity contribution < 1.29 is 8.78 Å². The summed E-state index contributed by atoms with van der Waals surface area (Å²) in [7, 11) is 0. The molecule has 0 bridgehead atoms. The number of hydrogen-bond acceptors (Lipinski definition) is 4. The highest BCUT2D eigenvalue weighted by molar-refractivity contribution is 6.31. The highest BCUT2D eigenvalue weighted by Gasteiger charge is 2.30. The Morgan fingerprint density at radius 2 is 2.04 bits per heavy atom. The Bertz CT molecular complexity index is 1130. The van der Waals surface area contributed by atoms with Gasteiger partial charge in [-0.2, -0.15) is 0 Å². The molecule has 4 rings (SSSR count). The van der Waals surface area contributed by atoms with Gasteiger partial charge in [0.25, 0.3) is 5.92 Å². The van der Waals surface area contributed by atoms with Crippen LogP contribution in [0.25, 0.3) is 21.9 Å². The zero-order valence-electron chi connectivity index (χ0n) is 14.8. The van der Waals surface area contributed by atoms with Gasteiger partial charge in [0, 0.05) is 23.0 Å². The first kappa shape index (κ1) is 17.8. The summed E-state index contributed by atoms with van der Waals surface area (Å²) < 4.78 is 31.8. The number of pyridine rings is 1. The molecule has 3 aromatic heterocycles. The molecule has 0 saturated carbocycles. The molecule has 0 unspecified atom stereocenters. The first-order valence-corrected chi connectivity index (χ1v) is 8.92. The second-order valence-corrected chi connectivity index (χ2v) is 6.97. The summed E-state index contributed by atoms with van der Waals surface area (Å²) in [6, 6.07) is 5.23. The van der Waals surface area contributed by atoms with Gasteiger partial charge in [0.05, 0.1) is 29.5 Å². The third-order valence-corrected chi connectivity index (χ3v) is 4.71. The van der Waals surface area contributed by atoms with Crippen LogP contribution in [0, 0.1) is 6.92 Å². The lowest BCUT2D eigenvalue weighted by atomic mass is 10.2. The first-order chi connectivity index (χ1) is 12.9. The van der Waals surface area contributed by atoms with Gasteiger partial charge in [0.1, 0.15) is 17.9 Å². The van der Waals surface area contributed by atoms with Crippen molar-refractivity contribution in [2.24, 2.45) is 0 Å². The quantitative estimate of drug-likeness (QED) is 0.511. The molecule has 27 heavy (non-hydrogen) atoms. The summed E-state index contributed by atoms with van der Waals surface area (Å²) in [4.78, 5) is 8.93. The Kier molecular flexibility index (Phi) is 4.30. The molecule has 0 spiro atoms.